The molecule has 0 fully saturated rings. The van der Waals surface area contributed by atoms with Crippen molar-refractivity contribution in [2.24, 2.45) is 5.92 Å². The van der Waals surface area contributed by atoms with Crippen molar-refractivity contribution in [3.63, 3.8) is 0 Å². The highest BCUT2D eigenvalue weighted by atomic mass is 19.1. The van der Waals surface area contributed by atoms with Crippen molar-refractivity contribution in [2.75, 3.05) is 13.3 Å². The van der Waals surface area contributed by atoms with Crippen LogP contribution in [0.25, 0.3) is 0 Å². The largest absolute Gasteiger partial charge is 0.465 e. The average Bonchev–Trinajstić information content (AvgIpc) is 1.88. The lowest BCUT2D eigenvalue weighted by atomic mass is 10.2. The van der Waals surface area contributed by atoms with Crippen molar-refractivity contribution in [3.05, 3.63) is 0 Å². The van der Waals surface area contributed by atoms with Crippen molar-refractivity contribution < 1.29 is 13.9 Å². The maximum atomic E-state index is 11.5. The van der Waals surface area contributed by atoms with Crippen LogP contribution in [0.5, 0.6) is 0 Å². The first-order valence-electron chi connectivity index (χ1n) is 3.41. The Bertz CT molecular complexity index is 102. The van der Waals surface area contributed by atoms with Gasteiger partial charge in [-0.15, -0.1) is 0 Å². The van der Waals surface area contributed by atoms with Crippen LogP contribution in [0.4, 0.5) is 4.39 Å². The second kappa shape index (κ2) is 5.21. The Morgan fingerprint density at radius 3 is 2.60 bits per heavy atom. The van der Waals surface area contributed by atoms with Gasteiger partial charge in [-0.05, 0) is 0 Å². The summed E-state index contributed by atoms with van der Waals surface area (Å²) in [5, 5.41) is 0. The predicted molar refractivity (Wildman–Crippen MR) is 36.4 cm³/mol. The van der Waals surface area contributed by atoms with E-state index in [-0.39, 0.29) is 18.5 Å². The topological polar surface area (TPSA) is 26.3 Å². The number of carbonyl (C=O) groups excluding carboxylic acids is 1. The van der Waals surface area contributed by atoms with Crippen LogP contribution in [-0.2, 0) is 9.53 Å². The van der Waals surface area contributed by atoms with E-state index in [1.807, 2.05) is 0 Å². The number of hydrogen-bond donors (Lipinski definition) is 0. The Balaban J connectivity index is 3.22. The van der Waals surface area contributed by atoms with Gasteiger partial charge in [-0.1, -0.05) is 13.8 Å². The Hall–Kier alpha value is -0.600. The Kier molecular flexibility index (Phi) is 4.89. The molecule has 0 atom stereocenters. The molecule has 60 valence electrons. The molecule has 0 heterocycles. The molecule has 0 aliphatic rings. The third kappa shape index (κ3) is 4.30. The van der Waals surface area contributed by atoms with Crippen LogP contribution in [0.15, 0.2) is 0 Å². The minimum Gasteiger partial charge on any atom is -0.465 e. The summed E-state index contributed by atoms with van der Waals surface area (Å²) in [5.41, 5.74) is 0. The van der Waals surface area contributed by atoms with Gasteiger partial charge >= 0.3 is 5.97 Å². The molecular formula is C7H13FO2. The summed E-state index contributed by atoms with van der Waals surface area (Å²) in [6.07, 6.45) is 0.304. The summed E-state index contributed by atoms with van der Waals surface area (Å²) in [5.74, 6) is -0.368. The second-order valence-electron chi connectivity index (χ2n) is 2.36. The molecule has 0 aromatic carbocycles. The zero-order valence-electron chi connectivity index (χ0n) is 6.39. The van der Waals surface area contributed by atoms with Gasteiger partial charge in [0.05, 0.1) is 19.2 Å². The number of hydrogen-bond acceptors (Lipinski definition) is 2. The van der Waals surface area contributed by atoms with Gasteiger partial charge in [0.25, 0.3) is 0 Å². The van der Waals surface area contributed by atoms with Gasteiger partial charge in [-0.2, -0.15) is 0 Å². The van der Waals surface area contributed by atoms with E-state index in [9.17, 15) is 9.18 Å². The third-order valence-electron chi connectivity index (χ3n) is 0.994. The fraction of sp³-hybridized carbons (Fsp3) is 0.857. The number of halogens is 1. The molecule has 0 aromatic rings. The van der Waals surface area contributed by atoms with E-state index >= 15 is 0 Å². The monoisotopic (exact) mass is 148 g/mol. The number of esters is 1. The van der Waals surface area contributed by atoms with E-state index in [0.717, 1.165) is 0 Å². The number of carbonyl (C=O) groups is 1. The second-order valence-corrected chi connectivity index (χ2v) is 2.36. The lowest BCUT2D eigenvalue weighted by molar-refractivity contribution is -0.147. The Labute approximate surface area is 60.4 Å². The van der Waals surface area contributed by atoms with E-state index in [0.29, 0.717) is 6.42 Å². The zero-order valence-corrected chi connectivity index (χ0v) is 6.39. The molecule has 0 bridgehead atoms. The zero-order chi connectivity index (χ0) is 7.98. The Morgan fingerprint density at radius 2 is 2.20 bits per heavy atom. The highest BCUT2D eigenvalue weighted by molar-refractivity contribution is 5.71. The van der Waals surface area contributed by atoms with E-state index in [4.69, 9.17) is 0 Å². The molecule has 2 nitrogen and oxygen atoms in total. The Morgan fingerprint density at radius 1 is 1.60 bits per heavy atom. The highest BCUT2D eigenvalue weighted by Gasteiger charge is 2.06. The van der Waals surface area contributed by atoms with Crippen LogP contribution < -0.4 is 0 Å². The number of alkyl halides is 1. The molecule has 0 aliphatic carbocycles. The molecule has 0 N–H and O–H groups in total. The number of ether oxygens (including phenoxy) is 1. The minimum absolute atomic E-state index is 0.111. The summed E-state index contributed by atoms with van der Waals surface area (Å²) in [6.45, 7) is 3.27. The van der Waals surface area contributed by atoms with Crippen LogP contribution in [0.2, 0.25) is 0 Å². The summed E-state index contributed by atoms with van der Waals surface area (Å²) in [4.78, 5) is 10.7. The predicted octanol–water partition coefficient (Wildman–Crippen LogP) is 1.55. The molecule has 0 aromatic heterocycles. The smallest absolute Gasteiger partial charge is 0.308 e. The van der Waals surface area contributed by atoms with Crippen LogP contribution in [0, 0.1) is 5.92 Å². The van der Waals surface area contributed by atoms with Gasteiger partial charge in [0.15, 0.2) is 0 Å². The van der Waals surface area contributed by atoms with Gasteiger partial charge in [0.2, 0.25) is 0 Å². The maximum Gasteiger partial charge on any atom is 0.308 e. The molecule has 0 saturated heterocycles. The van der Waals surface area contributed by atoms with E-state index in [2.05, 4.69) is 4.74 Å². The molecule has 0 saturated carbocycles. The molecule has 0 aliphatic heterocycles. The summed E-state index contributed by atoms with van der Waals surface area (Å²) in [6, 6.07) is 0. The quantitative estimate of drug-likeness (QED) is 0.446. The molecule has 0 amide bonds. The molecule has 0 rings (SSSR count). The number of rotatable bonds is 4. The van der Waals surface area contributed by atoms with Crippen LogP contribution in [-0.4, -0.2) is 19.3 Å². The van der Waals surface area contributed by atoms with Gasteiger partial charge in [0, 0.05) is 6.42 Å². The van der Waals surface area contributed by atoms with Gasteiger partial charge in [-0.3, -0.25) is 9.18 Å². The summed E-state index contributed by atoms with van der Waals surface area (Å²) < 4.78 is 16.1. The van der Waals surface area contributed by atoms with Crippen molar-refractivity contribution in [2.45, 2.75) is 20.3 Å². The minimum atomic E-state index is -0.425. The third-order valence-corrected chi connectivity index (χ3v) is 0.994. The van der Waals surface area contributed by atoms with Crippen molar-refractivity contribution in [3.8, 4) is 0 Å². The summed E-state index contributed by atoms with van der Waals surface area (Å²) >= 11 is 0. The van der Waals surface area contributed by atoms with Crippen LogP contribution >= 0.6 is 0 Å². The van der Waals surface area contributed by atoms with Crippen LogP contribution in [0.3, 0.4) is 0 Å². The average molecular weight is 148 g/mol. The first-order valence-corrected chi connectivity index (χ1v) is 3.41. The normalized spacial score (nSPS) is 10.0. The molecule has 10 heavy (non-hydrogen) atoms. The van der Waals surface area contributed by atoms with E-state index in [1.54, 1.807) is 13.8 Å². The van der Waals surface area contributed by atoms with Crippen molar-refractivity contribution >= 4 is 5.97 Å². The molecular weight excluding hydrogens is 135 g/mol. The van der Waals surface area contributed by atoms with Crippen molar-refractivity contribution in [1.82, 2.24) is 0 Å². The SMILES string of the molecule is CC(C)C(=O)OCCCF. The maximum absolute atomic E-state index is 11.5. The lowest BCUT2D eigenvalue weighted by Crippen LogP contribution is -2.12. The van der Waals surface area contributed by atoms with Gasteiger partial charge in [-0.25, -0.2) is 0 Å². The van der Waals surface area contributed by atoms with Gasteiger partial charge < -0.3 is 4.74 Å². The fourth-order valence-electron chi connectivity index (χ4n) is 0.394. The molecule has 0 radical (unpaired) electrons. The molecule has 0 spiro atoms. The van der Waals surface area contributed by atoms with Gasteiger partial charge in [0.1, 0.15) is 0 Å². The lowest BCUT2D eigenvalue weighted by Gasteiger charge is -2.04. The van der Waals surface area contributed by atoms with E-state index < -0.39 is 6.67 Å². The summed E-state index contributed by atoms with van der Waals surface area (Å²) in [7, 11) is 0. The molecule has 3 heteroatoms. The fourth-order valence-corrected chi connectivity index (χ4v) is 0.394. The molecule has 0 unspecified atom stereocenters. The first-order chi connectivity index (χ1) is 4.68. The first kappa shape index (κ1) is 9.40. The standard InChI is InChI=1S/C7H13FO2/c1-6(2)7(9)10-5-3-4-8/h6H,3-5H2,1-2H3. The van der Waals surface area contributed by atoms with Crippen LogP contribution in [0.1, 0.15) is 20.3 Å². The van der Waals surface area contributed by atoms with Crippen molar-refractivity contribution in [1.29, 1.82) is 0 Å². The highest BCUT2D eigenvalue weighted by Crippen LogP contribution is 1.96. The van der Waals surface area contributed by atoms with E-state index in [1.165, 1.54) is 0 Å².